The molecule has 1 fully saturated rings. The first-order chi connectivity index (χ1) is 15.4. The molecule has 1 aliphatic rings. The lowest BCUT2D eigenvalue weighted by molar-refractivity contribution is -0.142. The van der Waals surface area contributed by atoms with Crippen molar-refractivity contribution in [2.24, 2.45) is 5.92 Å². The molecule has 3 aromatic rings. The van der Waals surface area contributed by atoms with Crippen LogP contribution in [0.4, 0.5) is 10.2 Å². The Labute approximate surface area is 187 Å². The molecule has 4 rings (SSSR count). The van der Waals surface area contributed by atoms with Gasteiger partial charge >= 0.3 is 0 Å². The Balaban J connectivity index is 1.59. The molecule has 1 heterocycles. The van der Waals surface area contributed by atoms with Crippen molar-refractivity contribution >= 4 is 17.6 Å². The van der Waals surface area contributed by atoms with Gasteiger partial charge < -0.3 is 10.2 Å². The minimum absolute atomic E-state index is 0.0255. The number of hydrogen-bond donors (Lipinski definition) is 1. The molecule has 6 nitrogen and oxygen atoms in total. The van der Waals surface area contributed by atoms with Gasteiger partial charge in [-0.15, -0.1) is 0 Å². The van der Waals surface area contributed by atoms with E-state index in [9.17, 15) is 14.0 Å². The van der Waals surface area contributed by atoms with Crippen LogP contribution >= 0.6 is 0 Å². The van der Waals surface area contributed by atoms with Crippen molar-refractivity contribution in [2.45, 2.75) is 39.2 Å². The maximum Gasteiger partial charge on any atom is 0.245 e. The van der Waals surface area contributed by atoms with Crippen molar-refractivity contribution < 1.29 is 14.0 Å². The van der Waals surface area contributed by atoms with Gasteiger partial charge in [0.25, 0.3) is 0 Å². The van der Waals surface area contributed by atoms with Crippen LogP contribution in [-0.2, 0) is 9.59 Å². The number of amides is 2. The zero-order valence-corrected chi connectivity index (χ0v) is 18.3. The molecule has 166 valence electrons. The molecule has 0 atom stereocenters. The van der Waals surface area contributed by atoms with Crippen molar-refractivity contribution in [3.63, 3.8) is 0 Å². The summed E-state index contributed by atoms with van der Waals surface area (Å²) >= 11 is 0. The van der Waals surface area contributed by atoms with Gasteiger partial charge in [-0.25, -0.2) is 9.07 Å². The maximum absolute atomic E-state index is 13.4. The Hall–Kier alpha value is -3.48. The van der Waals surface area contributed by atoms with Gasteiger partial charge in [0.05, 0.1) is 11.4 Å². The highest BCUT2D eigenvalue weighted by molar-refractivity contribution is 5.95. The zero-order chi connectivity index (χ0) is 22.7. The second kappa shape index (κ2) is 9.34. The molecular formula is C25H27FN4O2. The third-order valence-corrected chi connectivity index (χ3v) is 5.79. The number of halogens is 1. The van der Waals surface area contributed by atoms with Gasteiger partial charge in [-0.3, -0.25) is 9.59 Å². The predicted molar refractivity (Wildman–Crippen MR) is 122 cm³/mol. The van der Waals surface area contributed by atoms with Gasteiger partial charge in [-0.05, 0) is 51.0 Å². The molecule has 32 heavy (non-hydrogen) atoms. The molecule has 0 aliphatic heterocycles. The first-order valence-corrected chi connectivity index (χ1v) is 10.9. The van der Waals surface area contributed by atoms with Crippen LogP contribution in [0.25, 0.3) is 16.9 Å². The number of carbonyl (C=O) groups excluding carboxylic acids is 2. The summed E-state index contributed by atoms with van der Waals surface area (Å²) in [7, 11) is 0. The van der Waals surface area contributed by atoms with Crippen LogP contribution in [0.1, 0.15) is 33.1 Å². The normalized spacial score (nSPS) is 13.6. The monoisotopic (exact) mass is 434 g/mol. The van der Waals surface area contributed by atoms with E-state index in [1.54, 1.807) is 27.8 Å². The summed E-state index contributed by atoms with van der Waals surface area (Å²) in [5.74, 6) is -0.121. The van der Waals surface area contributed by atoms with E-state index in [0.717, 1.165) is 24.8 Å². The van der Waals surface area contributed by atoms with E-state index in [2.05, 4.69) is 10.4 Å². The van der Waals surface area contributed by atoms with Crippen LogP contribution in [0.5, 0.6) is 0 Å². The molecule has 2 amide bonds. The summed E-state index contributed by atoms with van der Waals surface area (Å²) < 4.78 is 15.0. The fraction of sp³-hybridized carbons (Fsp3) is 0.320. The molecule has 0 spiro atoms. The van der Waals surface area contributed by atoms with E-state index in [-0.39, 0.29) is 36.1 Å². The van der Waals surface area contributed by atoms with Gasteiger partial charge in [-0.1, -0.05) is 36.8 Å². The molecule has 1 aromatic heterocycles. The summed E-state index contributed by atoms with van der Waals surface area (Å²) in [5.41, 5.74) is 2.19. The third kappa shape index (κ3) is 4.72. The van der Waals surface area contributed by atoms with Gasteiger partial charge in [0.15, 0.2) is 0 Å². The predicted octanol–water partition coefficient (Wildman–Crippen LogP) is 4.65. The van der Waals surface area contributed by atoms with Crippen molar-refractivity contribution in [1.29, 1.82) is 0 Å². The minimum atomic E-state index is -0.350. The molecule has 1 N–H and O–H groups in total. The van der Waals surface area contributed by atoms with Crippen LogP contribution in [-0.4, -0.2) is 39.1 Å². The highest BCUT2D eigenvalue weighted by atomic mass is 19.1. The van der Waals surface area contributed by atoms with Gasteiger partial charge in [0.1, 0.15) is 18.2 Å². The summed E-state index contributed by atoms with van der Waals surface area (Å²) in [5, 5.41) is 7.54. The summed E-state index contributed by atoms with van der Waals surface area (Å²) in [6, 6.07) is 17.2. The minimum Gasteiger partial charge on any atom is -0.331 e. The molecule has 2 aromatic carbocycles. The quantitative estimate of drug-likeness (QED) is 0.588. The average Bonchev–Trinajstić information content (AvgIpc) is 3.15. The number of aromatic nitrogens is 2. The first kappa shape index (κ1) is 21.7. The van der Waals surface area contributed by atoms with Crippen LogP contribution in [0.3, 0.4) is 0 Å². The second-order valence-electron chi connectivity index (χ2n) is 8.40. The summed E-state index contributed by atoms with van der Waals surface area (Å²) in [4.78, 5) is 27.3. The highest BCUT2D eigenvalue weighted by Gasteiger charge is 2.31. The Morgan fingerprint density at radius 1 is 1.12 bits per heavy atom. The molecule has 0 bridgehead atoms. The molecule has 7 heteroatoms. The van der Waals surface area contributed by atoms with Crippen LogP contribution in [0.2, 0.25) is 0 Å². The number of carbonyl (C=O) groups is 2. The van der Waals surface area contributed by atoms with Crippen molar-refractivity contribution in [1.82, 2.24) is 14.7 Å². The summed E-state index contributed by atoms with van der Waals surface area (Å²) in [6.45, 7) is 3.81. The van der Waals surface area contributed by atoms with Crippen molar-refractivity contribution in [2.75, 3.05) is 11.9 Å². The van der Waals surface area contributed by atoms with Crippen LogP contribution in [0.15, 0.2) is 60.7 Å². The maximum atomic E-state index is 13.4. The Bertz CT molecular complexity index is 1090. The van der Waals surface area contributed by atoms with Crippen LogP contribution in [0, 0.1) is 11.7 Å². The SMILES string of the molecule is CC(C)N(CC(=O)Nc1cc(-c2ccccc2)nn1-c1ccc(F)cc1)C(=O)C1CCC1. The van der Waals surface area contributed by atoms with E-state index in [1.165, 1.54) is 12.1 Å². The zero-order valence-electron chi connectivity index (χ0n) is 18.3. The van der Waals surface area contributed by atoms with E-state index >= 15 is 0 Å². The fourth-order valence-electron chi connectivity index (χ4n) is 3.74. The van der Waals surface area contributed by atoms with E-state index in [0.29, 0.717) is 17.2 Å². The smallest absolute Gasteiger partial charge is 0.245 e. The largest absolute Gasteiger partial charge is 0.331 e. The number of hydrogen-bond acceptors (Lipinski definition) is 3. The number of nitrogens with one attached hydrogen (secondary N) is 1. The standard InChI is InChI=1S/C25H27FN4O2/c1-17(2)29(25(32)19-9-6-10-19)16-24(31)27-23-15-22(18-7-4-3-5-8-18)28-30(23)21-13-11-20(26)12-14-21/h3-5,7-8,11-15,17,19H,6,9-10,16H2,1-2H3,(H,27,31). The number of benzene rings is 2. The highest BCUT2D eigenvalue weighted by Crippen LogP contribution is 2.29. The topological polar surface area (TPSA) is 67.2 Å². The molecule has 0 radical (unpaired) electrons. The van der Waals surface area contributed by atoms with Gasteiger partial charge in [0, 0.05) is 23.6 Å². The fourth-order valence-corrected chi connectivity index (χ4v) is 3.74. The molecular weight excluding hydrogens is 407 g/mol. The van der Waals surface area contributed by atoms with Crippen molar-refractivity contribution in [3.05, 3.63) is 66.5 Å². The molecule has 1 aliphatic carbocycles. The first-order valence-electron chi connectivity index (χ1n) is 10.9. The van der Waals surface area contributed by atoms with Crippen molar-refractivity contribution in [3.8, 4) is 16.9 Å². The van der Waals surface area contributed by atoms with E-state index in [1.807, 2.05) is 44.2 Å². The average molecular weight is 435 g/mol. The van der Waals surface area contributed by atoms with Crippen LogP contribution < -0.4 is 5.32 Å². The Morgan fingerprint density at radius 3 is 2.41 bits per heavy atom. The summed E-state index contributed by atoms with van der Waals surface area (Å²) in [6.07, 6.45) is 2.84. The lowest BCUT2D eigenvalue weighted by Crippen LogP contribution is -2.46. The second-order valence-corrected chi connectivity index (χ2v) is 8.40. The van der Waals surface area contributed by atoms with Gasteiger partial charge in [0.2, 0.25) is 11.8 Å². The van der Waals surface area contributed by atoms with E-state index in [4.69, 9.17) is 0 Å². The van der Waals surface area contributed by atoms with E-state index < -0.39 is 0 Å². The molecule has 0 unspecified atom stereocenters. The third-order valence-electron chi connectivity index (χ3n) is 5.79. The molecule has 0 saturated heterocycles. The van der Waals surface area contributed by atoms with Gasteiger partial charge in [-0.2, -0.15) is 5.10 Å². The Morgan fingerprint density at radius 2 is 1.81 bits per heavy atom. The number of nitrogens with zero attached hydrogens (tertiary/aromatic N) is 3. The lowest BCUT2D eigenvalue weighted by atomic mass is 9.84. The number of anilines is 1. The Kier molecular flexibility index (Phi) is 6.35. The lowest BCUT2D eigenvalue weighted by Gasteiger charge is -2.33. The molecule has 1 saturated carbocycles. The number of rotatable bonds is 7.